The number of hydrogen-bond donors (Lipinski definition) is 0. The summed E-state index contributed by atoms with van der Waals surface area (Å²) in [5.41, 5.74) is 1.38. The maximum atomic E-state index is 13.1. The highest BCUT2D eigenvalue weighted by molar-refractivity contribution is 5.25. The second-order valence-corrected chi connectivity index (χ2v) is 3.21. The Kier molecular flexibility index (Phi) is 7.69. The third kappa shape index (κ3) is 5.19. The summed E-state index contributed by atoms with van der Waals surface area (Å²) >= 11 is 0. The predicted octanol–water partition coefficient (Wildman–Crippen LogP) is 4.61. The molecule has 0 aliphatic carbocycles. The van der Waals surface area contributed by atoms with E-state index in [1.165, 1.54) is 6.07 Å². The lowest BCUT2D eigenvalue weighted by atomic mass is 10.0. The molecular weight excluding hydrogens is 213 g/mol. The number of hydrogen-bond acceptors (Lipinski definition) is 0. The SMILES string of the molecule is CC.CCc1ccc(F)c(CCC(F)F)c1. The molecule has 0 aliphatic heterocycles. The van der Waals surface area contributed by atoms with Crippen LogP contribution in [-0.2, 0) is 12.8 Å². The maximum Gasteiger partial charge on any atom is 0.239 e. The lowest BCUT2D eigenvalue weighted by Crippen LogP contribution is -1.98. The van der Waals surface area contributed by atoms with Gasteiger partial charge in [0.05, 0.1) is 0 Å². The molecule has 0 radical (unpaired) electrons. The quantitative estimate of drug-likeness (QED) is 0.711. The zero-order chi connectivity index (χ0) is 12.6. The molecule has 0 N–H and O–H groups in total. The van der Waals surface area contributed by atoms with Crippen molar-refractivity contribution in [2.45, 2.75) is 46.5 Å². The van der Waals surface area contributed by atoms with E-state index in [4.69, 9.17) is 0 Å². The van der Waals surface area contributed by atoms with E-state index in [0.29, 0.717) is 5.56 Å². The van der Waals surface area contributed by atoms with Gasteiger partial charge in [-0.2, -0.15) is 0 Å². The Morgan fingerprint density at radius 3 is 2.31 bits per heavy atom. The van der Waals surface area contributed by atoms with Crippen LogP contribution in [0.3, 0.4) is 0 Å². The van der Waals surface area contributed by atoms with Crippen LogP contribution in [-0.4, -0.2) is 6.43 Å². The molecule has 0 amide bonds. The van der Waals surface area contributed by atoms with Crippen LogP contribution in [0.5, 0.6) is 0 Å². The summed E-state index contributed by atoms with van der Waals surface area (Å²) in [5, 5.41) is 0. The molecule has 0 unspecified atom stereocenters. The van der Waals surface area contributed by atoms with Gasteiger partial charge in [-0.3, -0.25) is 0 Å². The predicted molar refractivity (Wildman–Crippen MR) is 61.5 cm³/mol. The molecule has 0 spiro atoms. The molecule has 0 aromatic heterocycles. The van der Waals surface area contributed by atoms with Crippen LogP contribution in [0.2, 0.25) is 0 Å². The van der Waals surface area contributed by atoms with Gasteiger partial charge in [0.2, 0.25) is 6.43 Å². The van der Waals surface area contributed by atoms with Crippen molar-refractivity contribution in [3.8, 4) is 0 Å². The van der Waals surface area contributed by atoms with Crippen molar-refractivity contribution in [3.63, 3.8) is 0 Å². The largest absolute Gasteiger partial charge is 0.239 e. The van der Waals surface area contributed by atoms with Crippen molar-refractivity contribution in [1.82, 2.24) is 0 Å². The molecule has 1 aromatic carbocycles. The molecule has 92 valence electrons. The highest BCUT2D eigenvalue weighted by Gasteiger charge is 2.07. The van der Waals surface area contributed by atoms with Gasteiger partial charge in [-0.15, -0.1) is 0 Å². The molecule has 0 fully saturated rings. The summed E-state index contributed by atoms with van der Waals surface area (Å²) in [6.45, 7) is 5.95. The van der Waals surface area contributed by atoms with E-state index in [1.807, 2.05) is 20.8 Å². The third-order valence-electron chi connectivity index (χ3n) is 2.15. The fourth-order valence-electron chi connectivity index (χ4n) is 1.30. The normalized spacial score (nSPS) is 9.94. The van der Waals surface area contributed by atoms with Crippen molar-refractivity contribution in [1.29, 1.82) is 0 Å². The first-order chi connectivity index (χ1) is 7.63. The van der Waals surface area contributed by atoms with Crippen LogP contribution in [0.4, 0.5) is 13.2 Å². The first-order valence-corrected chi connectivity index (χ1v) is 5.69. The average molecular weight is 232 g/mol. The van der Waals surface area contributed by atoms with E-state index >= 15 is 0 Å². The lowest BCUT2D eigenvalue weighted by molar-refractivity contribution is 0.138. The molecule has 0 saturated heterocycles. The zero-order valence-electron chi connectivity index (χ0n) is 10.1. The Hall–Kier alpha value is -0.990. The van der Waals surface area contributed by atoms with E-state index < -0.39 is 6.43 Å². The smallest absolute Gasteiger partial charge is 0.211 e. The van der Waals surface area contributed by atoms with E-state index in [9.17, 15) is 13.2 Å². The molecule has 16 heavy (non-hydrogen) atoms. The van der Waals surface area contributed by atoms with Gasteiger partial charge in [-0.25, -0.2) is 13.2 Å². The Balaban J connectivity index is 0.00000106. The number of alkyl halides is 2. The third-order valence-corrected chi connectivity index (χ3v) is 2.15. The second kappa shape index (κ2) is 8.20. The number of halogens is 3. The summed E-state index contributed by atoms with van der Waals surface area (Å²) < 4.78 is 36.9. The highest BCUT2D eigenvalue weighted by atomic mass is 19.3. The average Bonchev–Trinajstić information content (AvgIpc) is 2.30. The molecule has 0 aliphatic rings. The van der Waals surface area contributed by atoms with E-state index in [1.54, 1.807) is 12.1 Å². The van der Waals surface area contributed by atoms with Gasteiger partial charge in [0.25, 0.3) is 0 Å². The fraction of sp³-hybridized carbons (Fsp3) is 0.538. The summed E-state index contributed by atoms with van der Waals surface area (Å²) in [7, 11) is 0. The molecule has 1 aromatic rings. The first-order valence-electron chi connectivity index (χ1n) is 5.69. The summed E-state index contributed by atoms with van der Waals surface area (Å²) in [5.74, 6) is -0.386. The summed E-state index contributed by atoms with van der Waals surface area (Å²) in [6.07, 6.45) is -1.73. The van der Waals surface area contributed by atoms with Crippen molar-refractivity contribution in [2.24, 2.45) is 0 Å². The lowest BCUT2D eigenvalue weighted by Gasteiger charge is -2.05. The molecule has 0 bridgehead atoms. The molecule has 0 heterocycles. The van der Waals surface area contributed by atoms with Crippen LogP contribution in [0, 0.1) is 5.82 Å². The van der Waals surface area contributed by atoms with Gasteiger partial charge in [0.15, 0.2) is 0 Å². The van der Waals surface area contributed by atoms with Gasteiger partial charge in [-0.1, -0.05) is 32.9 Å². The highest BCUT2D eigenvalue weighted by Crippen LogP contribution is 2.15. The Morgan fingerprint density at radius 1 is 1.19 bits per heavy atom. The molecule has 0 atom stereocenters. The maximum absolute atomic E-state index is 13.1. The van der Waals surface area contributed by atoms with E-state index in [-0.39, 0.29) is 18.7 Å². The Bertz CT molecular complexity index is 295. The molecular formula is C13H19F3. The van der Waals surface area contributed by atoms with Gasteiger partial charge in [0, 0.05) is 6.42 Å². The van der Waals surface area contributed by atoms with E-state index in [0.717, 1.165) is 12.0 Å². The van der Waals surface area contributed by atoms with Crippen LogP contribution in [0.25, 0.3) is 0 Å². The number of benzene rings is 1. The summed E-state index contributed by atoms with van der Waals surface area (Å²) in [6, 6.07) is 4.69. The number of aryl methyl sites for hydroxylation is 2. The first kappa shape index (κ1) is 15.0. The molecule has 0 nitrogen and oxygen atoms in total. The Morgan fingerprint density at radius 2 is 1.81 bits per heavy atom. The van der Waals surface area contributed by atoms with Gasteiger partial charge in [0.1, 0.15) is 5.82 Å². The van der Waals surface area contributed by atoms with Crippen LogP contribution < -0.4 is 0 Å². The molecule has 0 saturated carbocycles. The van der Waals surface area contributed by atoms with Crippen molar-refractivity contribution in [3.05, 3.63) is 35.1 Å². The van der Waals surface area contributed by atoms with Crippen molar-refractivity contribution < 1.29 is 13.2 Å². The summed E-state index contributed by atoms with van der Waals surface area (Å²) in [4.78, 5) is 0. The van der Waals surface area contributed by atoms with Gasteiger partial charge < -0.3 is 0 Å². The Labute approximate surface area is 95.5 Å². The monoisotopic (exact) mass is 232 g/mol. The topological polar surface area (TPSA) is 0 Å². The second-order valence-electron chi connectivity index (χ2n) is 3.21. The van der Waals surface area contributed by atoms with Crippen molar-refractivity contribution >= 4 is 0 Å². The fourth-order valence-corrected chi connectivity index (χ4v) is 1.30. The van der Waals surface area contributed by atoms with Crippen LogP contribution >= 0.6 is 0 Å². The minimum Gasteiger partial charge on any atom is -0.211 e. The van der Waals surface area contributed by atoms with Crippen molar-refractivity contribution in [2.75, 3.05) is 0 Å². The van der Waals surface area contributed by atoms with Crippen LogP contribution in [0.15, 0.2) is 18.2 Å². The minimum absolute atomic E-state index is 0.108. The standard InChI is InChI=1S/C11H13F3.C2H6/c1-2-8-3-5-10(12)9(7-8)4-6-11(13)14;1-2/h3,5,7,11H,2,4,6H2,1H3;1-2H3. The van der Waals surface area contributed by atoms with E-state index in [2.05, 4.69) is 0 Å². The molecule has 1 rings (SSSR count). The zero-order valence-corrected chi connectivity index (χ0v) is 10.1. The number of rotatable bonds is 4. The minimum atomic E-state index is -2.36. The van der Waals surface area contributed by atoms with Crippen LogP contribution in [0.1, 0.15) is 38.3 Å². The van der Waals surface area contributed by atoms with Gasteiger partial charge in [-0.05, 0) is 30.0 Å². The van der Waals surface area contributed by atoms with Gasteiger partial charge >= 0.3 is 0 Å². The molecule has 3 heteroatoms.